The molecule has 1 amide bonds. The van der Waals surface area contributed by atoms with Crippen molar-refractivity contribution in [1.29, 1.82) is 0 Å². The Bertz CT molecular complexity index is 231. The van der Waals surface area contributed by atoms with Crippen molar-refractivity contribution in [2.45, 2.75) is 45.7 Å². The standard InChI is InChI=1S/C11H22N2O3/c1-5-8(2)13-10(14)6-7-12-9(3)11(15)16-4/h8-9,12H,5-7H2,1-4H3,(H,13,14). The highest BCUT2D eigenvalue weighted by Gasteiger charge is 2.12. The van der Waals surface area contributed by atoms with Gasteiger partial charge in [0.25, 0.3) is 0 Å². The summed E-state index contributed by atoms with van der Waals surface area (Å²) >= 11 is 0. The minimum absolute atomic E-state index is 0.00100. The first-order chi connectivity index (χ1) is 7.51. The molecule has 2 N–H and O–H groups in total. The number of esters is 1. The molecule has 5 nitrogen and oxygen atoms in total. The van der Waals surface area contributed by atoms with Gasteiger partial charge in [-0.2, -0.15) is 0 Å². The van der Waals surface area contributed by atoms with E-state index in [-0.39, 0.29) is 24.0 Å². The molecule has 0 radical (unpaired) electrons. The number of carbonyl (C=O) groups excluding carboxylic acids is 2. The summed E-state index contributed by atoms with van der Waals surface area (Å²) in [5, 5.41) is 5.77. The summed E-state index contributed by atoms with van der Waals surface area (Å²) in [5.41, 5.74) is 0. The highest BCUT2D eigenvalue weighted by Crippen LogP contribution is 1.90. The molecule has 0 aromatic rings. The van der Waals surface area contributed by atoms with Gasteiger partial charge >= 0.3 is 5.97 Å². The molecule has 0 saturated heterocycles. The van der Waals surface area contributed by atoms with Crippen LogP contribution in [0.25, 0.3) is 0 Å². The summed E-state index contributed by atoms with van der Waals surface area (Å²) in [6.07, 6.45) is 1.28. The Morgan fingerprint density at radius 3 is 2.44 bits per heavy atom. The molecule has 0 spiro atoms. The van der Waals surface area contributed by atoms with Gasteiger partial charge in [-0.3, -0.25) is 9.59 Å². The molecule has 0 fully saturated rings. The first kappa shape index (κ1) is 14.9. The summed E-state index contributed by atoms with van der Waals surface area (Å²) < 4.78 is 4.55. The lowest BCUT2D eigenvalue weighted by molar-refractivity contribution is -0.142. The number of nitrogens with one attached hydrogen (secondary N) is 2. The topological polar surface area (TPSA) is 67.4 Å². The van der Waals surface area contributed by atoms with Gasteiger partial charge in [0.1, 0.15) is 6.04 Å². The first-order valence-corrected chi connectivity index (χ1v) is 5.61. The molecular weight excluding hydrogens is 208 g/mol. The van der Waals surface area contributed by atoms with Crippen LogP contribution in [0.3, 0.4) is 0 Å². The zero-order chi connectivity index (χ0) is 12.6. The highest BCUT2D eigenvalue weighted by atomic mass is 16.5. The summed E-state index contributed by atoms with van der Waals surface area (Å²) in [7, 11) is 1.34. The molecule has 5 heteroatoms. The van der Waals surface area contributed by atoms with E-state index < -0.39 is 0 Å². The molecule has 0 heterocycles. The maximum absolute atomic E-state index is 11.4. The Morgan fingerprint density at radius 2 is 1.94 bits per heavy atom. The molecular formula is C11H22N2O3. The summed E-state index contributed by atoms with van der Waals surface area (Å²) in [6, 6.07) is -0.174. The number of ether oxygens (including phenoxy) is 1. The van der Waals surface area contributed by atoms with Crippen molar-refractivity contribution in [3.63, 3.8) is 0 Å². The van der Waals surface area contributed by atoms with E-state index in [1.54, 1.807) is 6.92 Å². The van der Waals surface area contributed by atoms with Crippen LogP contribution in [0.2, 0.25) is 0 Å². The second-order valence-electron chi connectivity index (χ2n) is 3.83. The molecule has 0 saturated carbocycles. The van der Waals surface area contributed by atoms with Gasteiger partial charge in [-0.1, -0.05) is 6.92 Å². The second-order valence-corrected chi connectivity index (χ2v) is 3.83. The smallest absolute Gasteiger partial charge is 0.322 e. The number of hydrogen-bond acceptors (Lipinski definition) is 4. The van der Waals surface area contributed by atoms with E-state index in [0.29, 0.717) is 13.0 Å². The third-order valence-electron chi connectivity index (χ3n) is 2.38. The van der Waals surface area contributed by atoms with Crippen molar-refractivity contribution in [1.82, 2.24) is 10.6 Å². The van der Waals surface area contributed by atoms with Gasteiger partial charge in [0.05, 0.1) is 7.11 Å². The van der Waals surface area contributed by atoms with Crippen LogP contribution in [0, 0.1) is 0 Å². The van der Waals surface area contributed by atoms with Crippen LogP contribution in [0.15, 0.2) is 0 Å². The quantitative estimate of drug-likeness (QED) is 0.623. The van der Waals surface area contributed by atoms with Crippen LogP contribution < -0.4 is 10.6 Å². The predicted molar refractivity (Wildman–Crippen MR) is 62.0 cm³/mol. The van der Waals surface area contributed by atoms with Crippen molar-refractivity contribution in [2.75, 3.05) is 13.7 Å². The fourth-order valence-electron chi connectivity index (χ4n) is 1.11. The Hall–Kier alpha value is -1.10. The van der Waals surface area contributed by atoms with Crippen LogP contribution >= 0.6 is 0 Å². The zero-order valence-electron chi connectivity index (χ0n) is 10.5. The van der Waals surface area contributed by atoms with E-state index in [9.17, 15) is 9.59 Å². The predicted octanol–water partition coefficient (Wildman–Crippen LogP) is 0.442. The van der Waals surface area contributed by atoms with Crippen LogP contribution in [0.4, 0.5) is 0 Å². The molecule has 0 rings (SSSR count). The van der Waals surface area contributed by atoms with E-state index in [0.717, 1.165) is 6.42 Å². The van der Waals surface area contributed by atoms with Crippen molar-refractivity contribution >= 4 is 11.9 Å². The molecule has 16 heavy (non-hydrogen) atoms. The third-order valence-corrected chi connectivity index (χ3v) is 2.38. The van der Waals surface area contributed by atoms with Crippen molar-refractivity contribution < 1.29 is 14.3 Å². The van der Waals surface area contributed by atoms with Crippen LogP contribution in [0.5, 0.6) is 0 Å². The van der Waals surface area contributed by atoms with Crippen molar-refractivity contribution in [3.8, 4) is 0 Å². The molecule has 0 aromatic carbocycles. The van der Waals surface area contributed by atoms with Crippen LogP contribution in [-0.2, 0) is 14.3 Å². The molecule has 0 aliphatic carbocycles. The van der Waals surface area contributed by atoms with Crippen LogP contribution in [-0.4, -0.2) is 37.6 Å². The van der Waals surface area contributed by atoms with Gasteiger partial charge in [0.15, 0.2) is 0 Å². The fraction of sp³-hybridized carbons (Fsp3) is 0.818. The number of methoxy groups -OCH3 is 1. The average Bonchev–Trinajstić information content (AvgIpc) is 2.27. The Morgan fingerprint density at radius 1 is 1.31 bits per heavy atom. The maximum Gasteiger partial charge on any atom is 0.322 e. The van der Waals surface area contributed by atoms with Crippen molar-refractivity contribution in [2.24, 2.45) is 0 Å². The van der Waals surface area contributed by atoms with Gasteiger partial charge in [-0.25, -0.2) is 0 Å². The Labute approximate surface area is 96.9 Å². The minimum Gasteiger partial charge on any atom is -0.468 e. The fourth-order valence-corrected chi connectivity index (χ4v) is 1.11. The largest absolute Gasteiger partial charge is 0.468 e. The van der Waals surface area contributed by atoms with Gasteiger partial charge in [-0.05, 0) is 20.3 Å². The average molecular weight is 230 g/mol. The SMILES string of the molecule is CCC(C)NC(=O)CCNC(C)C(=O)OC. The van der Waals surface area contributed by atoms with Gasteiger partial charge in [0, 0.05) is 19.0 Å². The molecule has 0 aromatic heterocycles. The van der Waals surface area contributed by atoms with Gasteiger partial charge in [0.2, 0.25) is 5.91 Å². The number of amides is 1. The summed E-state index contributed by atoms with van der Waals surface area (Å²) in [6.45, 7) is 6.15. The summed E-state index contributed by atoms with van der Waals surface area (Å²) in [5.74, 6) is -0.318. The van der Waals surface area contributed by atoms with Gasteiger partial charge < -0.3 is 15.4 Å². The van der Waals surface area contributed by atoms with E-state index >= 15 is 0 Å². The molecule has 2 unspecified atom stereocenters. The van der Waals surface area contributed by atoms with E-state index in [4.69, 9.17) is 0 Å². The lowest BCUT2D eigenvalue weighted by Gasteiger charge is -2.13. The van der Waals surface area contributed by atoms with Crippen LogP contribution in [0.1, 0.15) is 33.6 Å². The van der Waals surface area contributed by atoms with E-state index in [1.165, 1.54) is 7.11 Å². The molecule has 0 aliphatic heterocycles. The van der Waals surface area contributed by atoms with Crippen molar-refractivity contribution in [3.05, 3.63) is 0 Å². The molecule has 0 aliphatic rings. The van der Waals surface area contributed by atoms with Gasteiger partial charge in [-0.15, -0.1) is 0 Å². The Balaban J connectivity index is 3.65. The maximum atomic E-state index is 11.4. The lowest BCUT2D eigenvalue weighted by atomic mass is 10.2. The number of hydrogen-bond donors (Lipinski definition) is 2. The Kier molecular flexibility index (Phi) is 7.54. The second kappa shape index (κ2) is 8.10. The zero-order valence-corrected chi connectivity index (χ0v) is 10.5. The molecule has 94 valence electrons. The minimum atomic E-state index is -0.374. The summed E-state index contributed by atoms with van der Waals surface area (Å²) in [4.78, 5) is 22.4. The first-order valence-electron chi connectivity index (χ1n) is 5.61. The molecule has 2 atom stereocenters. The monoisotopic (exact) mass is 230 g/mol. The third kappa shape index (κ3) is 6.40. The highest BCUT2D eigenvalue weighted by molar-refractivity contribution is 5.77. The van der Waals surface area contributed by atoms with E-state index in [2.05, 4.69) is 15.4 Å². The molecule has 0 bridgehead atoms. The number of rotatable bonds is 7. The normalized spacial score (nSPS) is 14.0. The number of carbonyl (C=O) groups is 2. The lowest BCUT2D eigenvalue weighted by Crippen LogP contribution is -2.38. The van der Waals surface area contributed by atoms with E-state index in [1.807, 2.05) is 13.8 Å².